The number of hydrogen-bond acceptors (Lipinski definition) is 2. The number of hydrogen-bond donors (Lipinski definition) is 0. The van der Waals surface area contributed by atoms with Crippen LogP contribution in [0, 0.1) is 23.7 Å². The molecule has 0 spiro atoms. The van der Waals surface area contributed by atoms with Gasteiger partial charge in [0.2, 0.25) is 0 Å². The Balaban J connectivity index is 1.01. The maximum absolute atomic E-state index is 9.80. The lowest BCUT2D eigenvalue weighted by Crippen LogP contribution is -2.65. The first-order valence-electron chi connectivity index (χ1n) is 41.1. The summed E-state index contributed by atoms with van der Waals surface area (Å²) in [5, 5.41) is 0.00515. The average molecular weight is 1170 g/mol. The first kappa shape index (κ1) is 39.5. The Morgan fingerprint density at radius 3 is 1.26 bits per heavy atom. The molecule has 6 aliphatic carbocycles. The summed E-state index contributed by atoms with van der Waals surface area (Å²) in [5.74, 6) is 0.535. The SMILES string of the molecule is [2H]c1c([2H])c([2H])c2c(c1[2H])c1c([2H])c([2H])c([2H])c([2H])c1n2-c1ccc2c(c1)N(C1C(C3CC=CCC3)=CCCC1C1=CCCCC1)c1cc(-c3ccccc3)cc3c1B2c1ccc(-n2c4c([2H])c([2H])c([2H])c([2H])c4c4c([2H])c([2H])c([2H])c([2H])c42)cc1N3C1C(C2CC=CCC2)=CCCC1C1=CCCCC1. The topological polar surface area (TPSA) is 16.3 Å². The molecule has 2 aliphatic heterocycles. The van der Waals surface area contributed by atoms with Crippen molar-refractivity contribution in [2.45, 2.75) is 128 Å². The van der Waals surface area contributed by atoms with Crippen LogP contribution in [0.1, 0.15) is 138 Å². The Labute approximate surface area is 548 Å². The van der Waals surface area contributed by atoms with E-state index in [4.69, 9.17) is 5.48 Å². The van der Waals surface area contributed by atoms with Gasteiger partial charge in [-0.2, -0.15) is 0 Å². The zero-order valence-corrected chi connectivity index (χ0v) is 50.2. The van der Waals surface area contributed by atoms with E-state index in [0.29, 0.717) is 11.4 Å². The normalized spacial score (nSPS) is 25.8. The van der Waals surface area contributed by atoms with Crippen LogP contribution >= 0.6 is 0 Å². The number of aromatic nitrogens is 2. The highest BCUT2D eigenvalue weighted by atomic mass is 15.2. The van der Waals surface area contributed by atoms with Gasteiger partial charge in [0.05, 0.1) is 56.1 Å². The van der Waals surface area contributed by atoms with Crippen molar-refractivity contribution < 1.29 is 21.9 Å². The largest absolute Gasteiger partial charge is 0.334 e. The fraction of sp³-hybridized carbons (Fsp3) is 0.286. The van der Waals surface area contributed by atoms with Crippen molar-refractivity contribution >= 4 is 89.5 Å². The lowest BCUT2D eigenvalue weighted by Gasteiger charge is -2.53. The van der Waals surface area contributed by atoms with Crippen LogP contribution in [0.5, 0.6) is 0 Å². The third-order valence-electron chi connectivity index (χ3n) is 21.6. The van der Waals surface area contributed by atoms with Crippen molar-refractivity contribution in [1.82, 2.24) is 9.13 Å². The van der Waals surface area contributed by atoms with Gasteiger partial charge in [0.25, 0.3) is 6.71 Å². The van der Waals surface area contributed by atoms with Crippen LogP contribution in [0.25, 0.3) is 66.1 Å². The van der Waals surface area contributed by atoms with Crippen LogP contribution in [0.4, 0.5) is 22.7 Å². The Bertz CT molecular complexity index is 5150. The highest BCUT2D eigenvalue weighted by Gasteiger charge is 2.51. The number of allylic oxidation sites excluding steroid dienone is 8. The number of para-hydroxylation sites is 4. The monoisotopic (exact) mass is 1170 g/mol. The van der Waals surface area contributed by atoms with E-state index in [9.17, 15) is 16.4 Å². The van der Waals surface area contributed by atoms with Gasteiger partial charge in [-0.15, -0.1) is 0 Å². The molecule has 0 radical (unpaired) electrons. The molecule has 10 aromatic rings. The second-order valence-electron chi connectivity index (χ2n) is 26.2. The van der Waals surface area contributed by atoms with Gasteiger partial charge < -0.3 is 18.9 Å². The molecule has 6 atom stereocenters. The van der Waals surface area contributed by atoms with Gasteiger partial charge in [-0.3, -0.25) is 0 Å². The Morgan fingerprint density at radius 2 is 0.843 bits per heavy atom. The van der Waals surface area contributed by atoms with Gasteiger partial charge in [-0.05, 0) is 227 Å². The number of anilines is 4. The minimum absolute atomic E-state index is 0.00129. The lowest BCUT2D eigenvalue weighted by molar-refractivity contribution is 0.391. The van der Waals surface area contributed by atoms with E-state index in [0.717, 1.165) is 166 Å². The summed E-state index contributed by atoms with van der Waals surface area (Å²) in [4.78, 5) is 5.31. The molecule has 0 bridgehead atoms. The third-order valence-corrected chi connectivity index (χ3v) is 21.6. The van der Waals surface area contributed by atoms with Crippen LogP contribution in [-0.2, 0) is 0 Å². The first-order valence-corrected chi connectivity index (χ1v) is 33.1. The van der Waals surface area contributed by atoms with E-state index in [1.54, 1.807) is 9.13 Å². The molecule has 0 amide bonds. The summed E-state index contributed by atoms with van der Waals surface area (Å²) in [6, 6.07) is 20.2. The molecule has 8 aromatic carbocycles. The molecular formula is C84H79BN4. The fourth-order valence-electron chi connectivity index (χ4n) is 17.8. The number of benzene rings is 8. The second-order valence-corrected chi connectivity index (χ2v) is 26.2. The molecule has 0 saturated carbocycles. The Hall–Kier alpha value is -8.54. The molecular weight excluding hydrogens is 1080 g/mol. The van der Waals surface area contributed by atoms with Crippen LogP contribution in [0.2, 0.25) is 0 Å². The zero-order chi connectivity index (χ0) is 72.4. The van der Waals surface area contributed by atoms with Crippen LogP contribution in [-0.4, -0.2) is 27.9 Å². The summed E-state index contributed by atoms with van der Waals surface area (Å²) in [6.45, 7) is -0.553. The fourth-order valence-corrected chi connectivity index (χ4v) is 17.8. The molecule has 4 nitrogen and oxygen atoms in total. The molecule has 89 heavy (non-hydrogen) atoms. The highest BCUT2D eigenvalue weighted by Crippen LogP contribution is 2.53. The predicted octanol–water partition coefficient (Wildman–Crippen LogP) is 20.1. The average Bonchev–Trinajstić information content (AvgIpc) is 1.49. The van der Waals surface area contributed by atoms with Crippen molar-refractivity contribution in [3.05, 3.63) is 246 Å². The number of rotatable bonds is 9. The van der Waals surface area contributed by atoms with E-state index in [-0.39, 0.29) is 104 Å². The summed E-state index contributed by atoms with van der Waals surface area (Å²) in [5.41, 5.74) is 15.3. The summed E-state index contributed by atoms with van der Waals surface area (Å²) < 4.78 is 154. The third kappa shape index (κ3) is 8.75. The van der Waals surface area contributed by atoms with Crippen LogP contribution in [0.15, 0.2) is 246 Å². The standard InChI is InChI=1S/C84H79BN4/c1-6-26-56(27-7-1)61-52-80-82-81(53-61)89(84-66(59-32-12-4-13-33-59)42-25-43-67(84)60-34-14-5-15-35-60)79-55-63(87-76-46-22-18-38-70(76)71-39-19-23-47-77(71)87)49-51-73(79)85(82)72-50-48-62(86-74-44-20-16-36-68(74)69-37-17-21-45-75(69)86)54-78(72)88(80)83-64(57-28-8-2-9-29-57)40-24-41-65(83)58-30-10-3-11-31-58/h1-2,4,6-8,12,16-23,26-27,30,34,36-40,42,44-55,57,59,65,67,83-84H,3,5,9-11,13-15,24-25,28-29,31-33,35,41,43H2/i16D,17D,18D,19D,20D,21D,22D,23D,36D,37D,38D,39D,44D,45D,46D,47D. The maximum atomic E-state index is 9.80. The number of nitrogens with zero attached hydrogens (tertiary/aromatic N) is 4. The van der Waals surface area contributed by atoms with Gasteiger partial charge in [-0.25, -0.2) is 0 Å². The van der Waals surface area contributed by atoms with Crippen molar-refractivity contribution in [1.29, 1.82) is 0 Å². The van der Waals surface area contributed by atoms with E-state index < -0.39 is 79.2 Å². The predicted molar refractivity (Wildman–Crippen MR) is 378 cm³/mol. The van der Waals surface area contributed by atoms with E-state index in [1.807, 2.05) is 18.2 Å². The summed E-state index contributed by atoms with van der Waals surface area (Å²) >= 11 is 0. The van der Waals surface area contributed by atoms with Gasteiger partial charge >= 0.3 is 0 Å². The Morgan fingerprint density at radius 1 is 0.393 bits per heavy atom. The first-order chi connectivity index (χ1) is 50.9. The van der Waals surface area contributed by atoms with E-state index >= 15 is 0 Å². The molecule has 2 aromatic heterocycles. The van der Waals surface area contributed by atoms with Gasteiger partial charge in [0, 0.05) is 67.5 Å². The molecule has 8 aliphatic rings. The minimum atomic E-state index is -0.553. The van der Waals surface area contributed by atoms with Crippen molar-refractivity contribution in [2.75, 3.05) is 9.80 Å². The second kappa shape index (κ2) is 22.2. The van der Waals surface area contributed by atoms with Crippen molar-refractivity contribution in [2.24, 2.45) is 23.7 Å². The molecule has 0 saturated heterocycles. The molecule has 6 unspecified atom stereocenters. The quantitative estimate of drug-likeness (QED) is 0.106. The Kier molecular flexibility index (Phi) is 9.84. The molecule has 5 heteroatoms. The number of fused-ring (bicyclic) bond motifs is 10. The lowest BCUT2D eigenvalue weighted by atomic mass is 9.33. The maximum Gasteiger partial charge on any atom is 0.252 e. The molecule has 18 rings (SSSR count). The van der Waals surface area contributed by atoms with Crippen molar-refractivity contribution in [3.63, 3.8) is 0 Å². The van der Waals surface area contributed by atoms with Crippen LogP contribution in [0.3, 0.4) is 0 Å². The molecule has 4 heterocycles. The van der Waals surface area contributed by atoms with Crippen molar-refractivity contribution in [3.8, 4) is 22.5 Å². The highest BCUT2D eigenvalue weighted by molar-refractivity contribution is 7.00. The zero-order valence-electron chi connectivity index (χ0n) is 66.2. The van der Waals surface area contributed by atoms with E-state index in [1.165, 1.54) is 22.3 Å². The van der Waals surface area contributed by atoms with Gasteiger partial charge in [0.15, 0.2) is 0 Å². The van der Waals surface area contributed by atoms with Crippen LogP contribution < -0.4 is 26.2 Å². The molecule has 0 N–H and O–H groups in total. The smallest absolute Gasteiger partial charge is 0.252 e. The van der Waals surface area contributed by atoms with Gasteiger partial charge in [0.1, 0.15) is 0 Å². The van der Waals surface area contributed by atoms with E-state index in [2.05, 4.69) is 119 Å². The minimum Gasteiger partial charge on any atom is -0.334 e. The summed E-state index contributed by atoms with van der Waals surface area (Å²) in [7, 11) is 0. The molecule has 438 valence electrons. The summed E-state index contributed by atoms with van der Waals surface area (Å²) in [6.07, 6.45) is 36.9. The van der Waals surface area contributed by atoms with Gasteiger partial charge in [-0.1, -0.05) is 175 Å². The molecule has 0 fully saturated rings.